The maximum Gasteiger partial charge on any atom is 0.340 e. The van der Waals surface area contributed by atoms with Gasteiger partial charge in [-0.25, -0.2) is 4.79 Å². The van der Waals surface area contributed by atoms with Gasteiger partial charge in [0.15, 0.2) is 5.60 Å². The summed E-state index contributed by atoms with van der Waals surface area (Å²) >= 11 is 0. The van der Waals surface area contributed by atoms with Crippen molar-refractivity contribution < 1.29 is 15.0 Å². The van der Waals surface area contributed by atoms with Crippen LogP contribution in [0.15, 0.2) is 30.3 Å². The summed E-state index contributed by atoms with van der Waals surface area (Å²) < 4.78 is 0. The van der Waals surface area contributed by atoms with Gasteiger partial charge in [0, 0.05) is 0 Å². The van der Waals surface area contributed by atoms with Crippen LogP contribution in [0.3, 0.4) is 0 Å². The molecule has 1 aromatic rings. The smallest absolute Gasteiger partial charge is 0.340 e. The minimum absolute atomic E-state index is 0. The van der Waals surface area contributed by atoms with Crippen molar-refractivity contribution in [3.63, 3.8) is 0 Å². The molecule has 1 unspecified atom stereocenters. The molecule has 0 amide bonds. The third-order valence-electron chi connectivity index (χ3n) is 2.38. The summed E-state index contributed by atoms with van der Waals surface area (Å²) in [5.41, 5.74) is -1.37. The van der Waals surface area contributed by atoms with Crippen LogP contribution < -0.4 is 0 Å². The normalized spacial score (nSPS) is 14.1. The molecule has 0 saturated carbocycles. The highest BCUT2D eigenvalue weighted by Gasteiger charge is 2.41. The van der Waals surface area contributed by atoms with Gasteiger partial charge in [0.2, 0.25) is 0 Å². The number of halogens is 1. The summed E-state index contributed by atoms with van der Waals surface area (Å²) in [5, 5.41) is 19.0. The van der Waals surface area contributed by atoms with E-state index >= 15 is 0 Å². The Kier molecular flexibility index (Phi) is 4.78. The van der Waals surface area contributed by atoms with E-state index in [0.29, 0.717) is 5.56 Å². The van der Waals surface area contributed by atoms with Crippen molar-refractivity contribution in [2.45, 2.75) is 19.4 Å². The highest BCUT2D eigenvalue weighted by Crippen LogP contribution is 2.29. The Morgan fingerprint density at radius 3 is 2.07 bits per heavy atom. The lowest BCUT2D eigenvalue weighted by Crippen LogP contribution is -2.40. The summed E-state index contributed by atoms with van der Waals surface area (Å²) in [4.78, 5) is 11.0. The van der Waals surface area contributed by atoms with Gasteiger partial charge in [-0.15, -0.1) is 12.4 Å². The van der Waals surface area contributed by atoms with Crippen LogP contribution in [0.4, 0.5) is 0 Å². The van der Waals surface area contributed by atoms with E-state index in [1.165, 1.54) is 0 Å². The van der Waals surface area contributed by atoms with Crippen molar-refractivity contribution >= 4 is 18.4 Å². The third kappa shape index (κ3) is 2.49. The van der Waals surface area contributed by atoms with Crippen molar-refractivity contribution in [3.05, 3.63) is 35.9 Å². The Labute approximate surface area is 95.2 Å². The molecular weight excluding hydrogens is 216 g/mol. The van der Waals surface area contributed by atoms with Crippen LogP contribution in [0.2, 0.25) is 0 Å². The van der Waals surface area contributed by atoms with E-state index in [9.17, 15) is 9.90 Å². The van der Waals surface area contributed by atoms with Crippen LogP contribution in [0.25, 0.3) is 0 Å². The molecule has 84 valence electrons. The van der Waals surface area contributed by atoms with E-state index in [1.54, 1.807) is 44.2 Å². The molecule has 1 rings (SSSR count). The Hall–Kier alpha value is -1.06. The van der Waals surface area contributed by atoms with Crippen molar-refractivity contribution in [3.8, 4) is 0 Å². The average Bonchev–Trinajstić information content (AvgIpc) is 2.17. The van der Waals surface area contributed by atoms with Gasteiger partial charge in [-0.05, 0) is 11.5 Å². The van der Waals surface area contributed by atoms with Crippen LogP contribution in [0.5, 0.6) is 0 Å². The minimum atomic E-state index is -1.79. The average molecular weight is 231 g/mol. The molecule has 0 aliphatic heterocycles. The molecule has 1 aromatic carbocycles. The van der Waals surface area contributed by atoms with Crippen LogP contribution in [0, 0.1) is 5.92 Å². The first-order chi connectivity index (χ1) is 6.49. The van der Waals surface area contributed by atoms with Crippen molar-refractivity contribution in [1.82, 2.24) is 0 Å². The van der Waals surface area contributed by atoms with Gasteiger partial charge in [-0.1, -0.05) is 44.2 Å². The first kappa shape index (κ1) is 13.9. The number of aliphatic hydroxyl groups is 1. The van der Waals surface area contributed by atoms with E-state index in [2.05, 4.69) is 0 Å². The molecule has 15 heavy (non-hydrogen) atoms. The maximum absolute atomic E-state index is 11.0. The van der Waals surface area contributed by atoms with Crippen molar-refractivity contribution in [2.75, 3.05) is 0 Å². The van der Waals surface area contributed by atoms with Crippen LogP contribution >= 0.6 is 12.4 Å². The first-order valence-electron chi connectivity index (χ1n) is 4.51. The molecule has 0 spiro atoms. The molecule has 0 aliphatic carbocycles. The number of aliphatic carboxylic acids is 1. The molecule has 1 atom stereocenters. The molecular formula is C11H15ClO3. The number of benzene rings is 1. The maximum atomic E-state index is 11.0. The quantitative estimate of drug-likeness (QED) is 0.836. The fraction of sp³-hybridized carbons (Fsp3) is 0.364. The zero-order valence-electron chi connectivity index (χ0n) is 8.68. The highest BCUT2D eigenvalue weighted by atomic mass is 35.5. The molecule has 3 nitrogen and oxygen atoms in total. The minimum Gasteiger partial charge on any atom is -0.479 e. The molecule has 0 saturated heterocycles. The van der Waals surface area contributed by atoms with E-state index in [1.807, 2.05) is 0 Å². The molecule has 0 aromatic heterocycles. The zero-order chi connectivity index (χ0) is 10.8. The zero-order valence-corrected chi connectivity index (χ0v) is 9.49. The Morgan fingerprint density at radius 2 is 1.73 bits per heavy atom. The Morgan fingerprint density at radius 1 is 1.27 bits per heavy atom. The third-order valence-corrected chi connectivity index (χ3v) is 2.38. The number of rotatable bonds is 3. The standard InChI is InChI=1S/C11H14O3.ClH/c1-8(2)11(14,10(12)13)9-6-4-3-5-7-9;/h3-8,14H,1-2H3,(H,12,13);1H. The largest absolute Gasteiger partial charge is 0.479 e. The van der Waals surface area contributed by atoms with E-state index in [-0.39, 0.29) is 18.3 Å². The topological polar surface area (TPSA) is 57.5 Å². The van der Waals surface area contributed by atoms with Crippen LogP contribution in [0.1, 0.15) is 19.4 Å². The monoisotopic (exact) mass is 230 g/mol. The summed E-state index contributed by atoms with van der Waals surface area (Å²) in [6.07, 6.45) is 0. The van der Waals surface area contributed by atoms with Crippen molar-refractivity contribution in [1.29, 1.82) is 0 Å². The van der Waals surface area contributed by atoms with E-state index < -0.39 is 11.6 Å². The van der Waals surface area contributed by atoms with Crippen molar-refractivity contribution in [2.24, 2.45) is 5.92 Å². The second-order valence-corrected chi connectivity index (χ2v) is 3.59. The lowest BCUT2D eigenvalue weighted by Gasteiger charge is -2.27. The van der Waals surface area contributed by atoms with Gasteiger partial charge in [0.05, 0.1) is 0 Å². The molecule has 0 fully saturated rings. The predicted octanol–water partition coefficient (Wildman–Crippen LogP) is 2.04. The second kappa shape index (κ2) is 5.14. The summed E-state index contributed by atoms with van der Waals surface area (Å²) in [6.45, 7) is 3.36. The lowest BCUT2D eigenvalue weighted by molar-refractivity contribution is -0.165. The van der Waals surface area contributed by atoms with Gasteiger partial charge in [0.1, 0.15) is 0 Å². The van der Waals surface area contributed by atoms with Gasteiger partial charge in [-0.2, -0.15) is 0 Å². The number of hydrogen-bond acceptors (Lipinski definition) is 2. The predicted molar refractivity (Wildman–Crippen MR) is 60.1 cm³/mol. The molecule has 0 radical (unpaired) electrons. The number of carboxylic acids is 1. The summed E-state index contributed by atoms with van der Waals surface area (Å²) in [5.74, 6) is -1.58. The second-order valence-electron chi connectivity index (χ2n) is 3.59. The fourth-order valence-electron chi connectivity index (χ4n) is 1.40. The molecule has 2 N–H and O–H groups in total. The van der Waals surface area contributed by atoms with E-state index in [0.717, 1.165) is 0 Å². The van der Waals surface area contributed by atoms with Gasteiger partial charge in [0.25, 0.3) is 0 Å². The number of carboxylic acid groups (broad SMARTS) is 1. The summed E-state index contributed by atoms with van der Waals surface area (Å²) in [7, 11) is 0. The molecule has 0 aliphatic rings. The van der Waals surface area contributed by atoms with Gasteiger partial charge >= 0.3 is 5.97 Å². The van der Waals surface area contributed by atoms with Crippen LogP contribution in [-0.4, -0.2) is 16.2 Å². The molecule has 0 bridgehead atoms. The highest BCUT2D eigenvalue weighted by molar-refractivity contribution is 5.85. The number of carbonyl (C=O) groups is 1. The fourth-order valence-corrected chi connectivity index (χ4v) is 1.40. The first-order valence-corrected chi connectivity index (χ1v) is 4.51. The van der Waals surface area contributed by atoms with Gasteiger partial charge < -0.3 is 10.2 Å². The Balaban J connectivity index is 0.00000196. The molecule has 0 heterocycles. The van der Waals surface area contributed by atoms with Crippen LogP contribution in [-0.2, 0) is 10.4 Å². The summed E-state index contributed by atoms with van der Waals surface area (Å²) in [6, 6.07) is 8.45. The Bertz CT molecular complexity index is 324. The number of hydrogen-bond donors (Lipinski definition) is 2. The molecule has 4 heteroatoms. The van der Waals surface area contributed by atoms with E-state index in [4.69, 9.17) is 5.11 Å². The SMILES string of the molecule is CC(C)C(O)(C(=O)O)c1ccccc1.Cl. The lowest BCUT2D eigenvalue weighted by atomic mass is 9.83. The van der Waals surface area contributed by atoms with Gasteiger partial charge in [-0.3, -0.25) is 0 Å².